The fraction of sp³-hybridized carbons (Fsp3) is 0.400. The molecule has 0 aromatic heterocycles. The Labute approximate surface area is 42.4 Å². The molecule has 0 radical (unpaired) electrons. The fourth-order valence-corrected chi connectivity index (χ4v) is 0.537. The minimum Gasteiger partial charge on any atom is -0.619 e. The first-order valence-electron chi connectivity index (χ1n) is 2.35. The third-order valence-electron chi connectivity index (χ3n) is 0.895. The molecule has 7 heavy (non-hydrogen) atoms. The Morgan fingerprint density at radius 2 is 2.29 bits per heavy atom. The molecule has 0 saturated heterocycles. The van der Waals surface area contributed by atoms with Gasteiger partial charge in [-0.3, -0.25) is 0 Å². The monoisotopic (exact) mass is 97.1 g/mol. The lowest BCUT2D eigenvalue weighted by Crippen LogP contribution is -1.98. The maximum Gasteiger partial charge on any atom is 0.176 e. The average Bonchev–Trinajstić information content (AvgIpc) is 1.69. The van der Waals surface area contributed by atoms with Crippen molar-refractivity contribution >= 4 is 6.21 Å². The standard InChI is InChI=1S/C5H7NO/c7-6-4-2-1-3-5-6/h2,4-5H,1,3H2. The zero-order valence-corrected chi connectivity index (χ0v) is 4.00. The molecule has 38 valence electrons. The molecule has 0 bridgehead atoms. The van der Waals surface area contributed by atoms with Crippen molar-refractivity contribution in [1.29, 1.82) is 0 Å². The molecule has 1 rings (SSSR count). The molecule has 1 aliphatic rings. The number of nitrogens with zero attached hydrogens (tertiary/aromatic N) is 1. The van der Waals surface area contributed by atoms with Gasteiger partial charge in [-0.15, -0.1) is 0 Å². The van der Waals surface area contributed by atoms with Crippen LogP contribution in [0.2, 0.25) is 0 Å². The molecule has 0 spiro atoms. The molecule has 0 atom stereocenters. The highest BCUT2D eigenvalue weighted by atomic mass is 16.5. The van der Waals surface area contributed by atoms with Crippen molar-refractivity contribution in [3.8, 4) is 0 Å². The van der Waals surface area contributed by atoms with E-state index in [0.717, 1.165) is 17.6 Å². The van der Waals surface area contributed by atoms with Gasteiger partial charge in [0.2, 0.25) is 0 Å². The molecule has 0 fully saturated rings. The van der Waals surface area contributed by atoms with Gasteiger partial charge in [-0.2, -0.15) is 4.74 Å². The number of rotatable bonds is 0. The fourth-order valence-electron chi connectivity index (χ4n) is 0.537. The molecule has 0 aliphatic carbocycles. The van der Waals surface area contributed by atoms with Crippen LogP contribution in [0, 0.1) is 5.21 Å². The summed E-state index contributed by atoms with van der Waals surface area (Å²) in [5.41, 5.74) is 0. The van der Waals surface area contributed by atoms with E-state index >= 15 is 0 Å². The normalized spacial score (nSPS) is 19.1. The lowest BCUT2D eigenvalue weighted by molar-refractivity contribution is -0.376. The van der Waals surface area contributed by atoms with Gasteiger partial charge in [0.05, 0.1) is 0 Å². The van der Waals surface area contributed by atoms with Gasteiger partial charge in [-0.05, 0) is 12.5 Å². The lowest BCUT2D eigenvalue weighted by atomic mass is 10.3. The molecule has 1 aliphatic heterocycles. The van der Waals surface area contributed by atoms with Crippen molar-refractivity contribution in [2.24, 2.45) is 0 Å². The minimum absolute atomic E-state index is 0.837. The first-order chi connectivity index (χ1) is 3.39. The summed E-state index contributed by atoms with van der Waals surface area (Å²) in [7, 11) is 0. The van der Waals surface area contributed by atoms with E-state index in [1.165, 1.54) is 6.20 Å². The molecule has 0 aromatic carbocycles. The van der Waals surface area contributed by atoms with Gasteiger partial charge in [0.1, 0.15) is 0 Å². The highest BCUT2D eigenvalue weighted by Gasteiger charge is 1.90. The van der Waals surface area contributed by atoms with Gasteiger partial charge in [0, 0.05) is 6.42 Å². The van der Waals surface area contributed by atoms with Crippen molar-refractivity contribution in [3.63, 3.8) is 0 Å². The molecule has 2 heteroatoms. The van der Waals surface area contributed by atoms with E-state index < -0.39 is 0 Å². The Balaban J connectivity index is 2.58. The first-order valence-corrected chi connectivity index (χ1v) is 2.35. The summed E-state index contributed by atoms with van der Waals surface area (Å²) in [6, 6.07) is 0. The summed E-state index contributed by atoms with van der Waals surface area (Å²) >= 11 is 0. The van der Waals surface area contributed by atoms with Crippen LogP contribution >= 0.6 is 0 Å². The maximum atomic E-state index is 10.2. The number of hydrogen-bond acceptors (Lipinski definition) is 1. The zero-order valence-electron chi connectivity index (χ0n) is 4.00. The number of allylic oxidation sites excluding steroid dienone is 1. The van der Waals surface area contributed by atoms with Crippen molar-refractivity contribution in [1.82, 2.24) is 0 Å². The second kappa shape index (κ2) is 1.78. The second-order valence-electron chi connectivity index (χ2n) is 1.50. The van der Waals surface area contributed by atoms with Crippen molar-refractivity contribution in [3.05, 3.63) is 17.5 Å². The van der Waals surface area contributed by atoms with E-state index in [0.29, 0.717) is 0 Å². The maximum absolute atomic E-state index is 10.2. The smallest absolute Gasteiger partial charge is 0.176 e. The largest absolute Gasteiger partial charge is 0.619 e. The van der Waals surface area contributed by atoms with Gasteiger partial charge in [0.25, 0.3) is 0 Å². The van der Waals surface area contributed by atoms with Crippen molar-refractivity contribution in [2.75, 3.05) is 0 Å². The van der Waals surface area contributed by atoms with Gasteiger partial charge < -0.3 is 5.21 Å². The highest BCUT2D eigenvalue weighted by Crippen LogP contribution is 1.93. The predicted molar refractivity (Wildman–Crippen MR) is 28.1 cm³/mol. The highest BCUT2D eigenvalue weighted by molar-refractivity contribution is 5.52. The van der Waals surface area contributed by atoms with E-state index in [2.05, 4.69) is 0 Å². The van der Waals surface area contributed by atoms with Crippen LogP contribution in [0.3, 0.4) is 0 Å². The Kier molecular flexibility index (Phi) is 1.11. The van der Waals surface area contributed by atoms with Gasteiger partial charge in [-0.1, -0.05) is 0 Å². The summed E-state index contributed by atoms with van der Waals surface area (Å²) < 4.78 is 0.837. The zero-order chi connectivity index (χ0) is 5.11. The molecule has 0 amide bonds. The Morgan fingerprint density at radius 1 is 1.43 bits per heavy atom. The topological polar surface area (TPSA) is 26.1 Å². The molecule has 0 saturated carbocycles. The Hall–Kier alpha value is -0.790. The van der Waals surface area contributed by atoms with Gasteiger partial charge in [0.15, 0.2) is 12.4 Å². The SMILES string of the molecule is [O-][N+]1=CCCC=C1. The van der Waals surface area contributed by atoms with Gasteiger partial charge >= 0.3 is 0 Å². The molecule has 1 heterocycles. The molecule has 0 N–H and O–H groups in total. The Bertz CT molecular complexity index is 115. The minimum atomic E-state index is 0.837. The molecular weight excluding hydrogens is 90.1 g/mol. The summed E-state index contributed by atoms with van der Waals surface area (Å²) in [5.74, 6) is 0. The first kappa shape index (κ1) is 4.37. The van der Waals surface area contributed by atoms with Crippen molar-refractivity contribution in [2.45, 2.75) is 12.8 Å². The number of hydroxylamine groups is 1. The predicted octanol–water partition coefficient (Wildman–Crippen LogP) is 0.875. The third-order valence-corrected chi connectivity index (χ3v) is 0.895. The van der Waals surface area contributed by atoms with Crippen LogP contribution in [0.5, 0.6) is 0 Å². The van der Waals surface area contributed by atoms with Crippen LogP contribution in [0.25, 0.3) is 0 Å². The van der Waals surface area contributed by atoms with Crippen LogP contribution in [0.1, 0.15) is 12.8 Å². The van der Waals surface area contributed by atoms with Crippen LogP contribution in [-0.4, -0.2) is 11.0 Å². The van der Waals surface area contributed by atoms with Crippen LogP contribution in [-0.2, 0) is 0 Å². The lowest BCUT2D eigenvalue weighted by Gasteiger charge is -1.98. The molecule has 0 aromatic rings. The number of hydrogen-bond donors (Lipinski definition) is 0. The van der Waals surface area contributed by atoms with E-state index in [9.17, 15) is 5.21 Å². The molecule has 0 unspecified atom stereocenters. The molecular formula is C5H7NO. The van der Waals surface area contributed by atoms with E-state index in [-0.39, 0.29) is 0 Å². The van der Waals surface area contributed by atoms with E-state index in [4.69, 9.17) is 0 Å². The quantitative estimate of drug-likeness (QED) is 0.325. The third kappa shape index (κ3) is 1.03. The van der Waals surface area contributed by atoms with Crippen LogP contribution < -0.4 is 0 Å². The average molecular weight is 97.1 g/mol. The summed E-state index contributed by atoms with van der Waals surface area (Å²) in [5, 5.41) is 10.2. The van der Waals surface area contributed by atoms with Gasteiger partial charge in [-0.25, -0.2) is 0 Å². The van der Waals surface area contributed by atoms with E-state index in [1.54, 1.807) is 6.21 Å². The van der Waals surface area contributed by atoms with E-state index in [1.807, 2.05) is 6.08 Å². The molecule has 2 nitrogen and oxygen atoms in total. The van der Waals surface area contributed by atoms with Crippen LogP contribution in [0.4, 0.5) is 0 Å². The van der Waals surface area contributed by atoms with Crippen molar-refractivity contribution < 1.29 is 4.74 Å². The summed E-state index contributed by atoms with van der Waals surface area (Å²) in [6.07, 6.45) is 6.93. The summed E-state index contributed by atoms with van der Waals surface area (Å²) in [6.45, 7) is 0. The summed E-state index contributed by atoms with van der Waals surface area (Å²) in [4.78, 5) is 0. The van der Waals surface area contributed by atoms with Crippen LogP contribution in [0.15, 0.2) is 12.3 Å². The second-order valence-corrected chi connectivity index (χ2v) is 1.50. The Morgan fingerprint density at radius 3 is 2.57 bits per heavy atom.